The van der Waals surface area contributed by atoms with Gasteiger partial charge in [-0.25, -0.2) is 9.18 Å². The molecule has 2 aliphatic rings. The fourth-order valence-electron chi connectivity index (χ4n) is 3.80. The monoisotopic (exact) mass is 379 g/mol. The van der Waals surface area contributed by atoms with Crippen molar-refractivity contribution >= 4 is 23.6 Å². The average molecular weight is 379 g/mol. The lowest BCUT2D eigenvalue weighted by Crippen LogP contribution is -2.49. The molecule has 26 heavy (non-hydrogen) atoms. The topological polar surface area (TPSA) is 46.6 Å². The third-order valence-electron chi connectivity index (χ3n) is 5.04. The summed E-state index contributed by atoms with van der Waals surface area (Å²) < 4.78 is 18.6. The Morgan fingerprint density at radius 1 is 1.15 bits per heavy atom. The molecule has 0 spiro atoms. The van der Waals surface area contributed by atoms with Crippen LogP contribution in [-0.4, -0.2) is 40.0 Å². The van der Waals surface area contributed by atoms with Gasteiger partial charge in [0.25, 0.3) is 5.91 Å². The van der Waals surface area contributed by atoms with Crippen LogP contribution in [0, 0.1) is 11.7 Å². The molecule has 1 heterocycles. The van der Waals surface area contributed by atoms with Crippen LogP contribution >= 0.6 is 11.8 Å². The molecule has 1 saturated carbocycles. The molecule has 0 aromatic heterocycles. The molecule has 2 fully saturated rings. The first-order valence-electron chi connectivity index (χ1n) is 9.37. The van der Waals surface area contributed by atoms with E-state index in [0.29, 0.717) is 17.2 Å². The van der Waals surface area contributed by atoms with Gasteiger partial charge in [0.2, 0.25) is 0 Å². The van der Waals surface area contributed by atoms with Gasteiger partial charge in [0.1, 0.15) is 11.9 Å². The summed E-state index contributed by atoms with van der Waals surface area (Å²) in [5.41, 5.74) is 0.414. The van der Waals surface area contributed by atoms with Crippen LogP contribution in [0.2, 0.25) is 0 Å². The molecule has 1 aromatic rings. The van der Waals surface area contributed by atoms with Crippen molar-refractivity contribution in [3.8, 4) is 0 Å². The molecule has 1 aliphatic carbocycles. The molecule has 1 aromatic carbocycles. The van der Waals surface area contributed by atoms with Crippen molar-refractivity contribution < 1.29 is 18.7 Å². The zero-order valence-electron chi connectivity index (χ0n) is 15.3. The van der Waals surface area contributed by atoms with Gasteiger partial charge in [-0.1, -0.05) is 19.3 Å². The first-order valence-corrected chi connectivity index (χ1v) is 10.4. The highest BCUT2D eigenvalue weighted by molar-refractivity contribution is 8.00. The maximum atomic E-state index is 13.2. The van der Waals surface area contributed by atoms with E-state index in [1.165, 1.54) is 43.5 Å². The number of rotatable bonds is 4. The molecule has 1 saturated heterocycles. The van der Waals surface area contributed by atoms with Crippen molar-refractivity contribution in [3.05, 3.63) is 35.6 Å². The number of nitrogens with zero attached hydrogens (tertiary/aromatic N) is 1. The smallest absolute Gasteiger partial charge is 0.330 e. The normalized spacial score (nSPS) is 24.1. The van der Waals surface area contributed by atoms with E-state index in [4.69, 9.17) is 4.74 Å². The van der Waals surface area contributed by atoms with E-state index in [9.17, 15) is 14.0 Å². The Labute approximate surface area is 158 Å². The largest absolute Gasteiger partial charge is 0.461 e. The van der Waals surface area contributed by atoms with Gasteiger partial charge < -0.3 is 9.64 Å². The Balaban J connectivity index is 1.86. The Morgan fingerprint density at radius 3 is 2.42 bits per heavy atom. The highest BCUT2D eigenvalue weighted by atomic mass is 32.2. The van der Waals surface area contributed by atoms with Crippen LogP contribution in [0.3, 0.4) is 0 Å². The Bertz CT molecular complexity index is 643. The van der Waals surface area contributed by atoms with E-state index >= 15 is 0 Å². The number of carbonyl (C=O) groups excluding carboxylic acids is 2. The fraction of sp³-hybridized carbons (Fsp3) is 0.600. The average Bonchev–Trinajstić information content (AvgIpc) is 3.07. The van der Waals surface area contributed by atoms with Crippen molar-refractivity contribution in [2.24, 2.45) is 5.92 Å². The van der Waals surface area contributed by atoms with E-state index in [-0.39, 0.29) is 29.2 Å². The number of hydrogen-bond donors (Lipinski definition) is 0. The summed E-state index contributed by atoms with van der Waals surface area (Å²) in [6.07, 6.45) is 5.51. The zero-order chi connectivity index (χ0) is 18.7. The number of benzene rings is 1. The maximum absolute atomic E-state index is 13.2. The fourth-order valence-corrected chi connectivity index (χ4v) is 5.43. The number of thioether (sulfide) groups is 1. The summed E-state index contributed by atoms with van der Waals surface area (Å²) in [6.45, 7) is 3.62. The molecule has 3 rings (SSSR count). The molecule has 1 aliphatic heterocycles. The maximum Gasteiger partial charge on any atom is 0.330 e. The molecule has 1 amide bonds. The van der Waals surface area contributed by atoms with E-state index in [2.05, 4.69) is 0 Å². The highest BCUT2D eigenvalue weighted by Gasteiger charge is 2.46. The van der Waals surface area contributed by atoms with Crippen molar-refractivity contribution in [3.63, 3.8) is 0 Å². The number of hydrogen-bond acceptors (Lipinski definition) is 4. The minimum Gasteiger partial charge on any atom is -0.461 e. The predicted molar refractivity (Wildman–Crippen MR) is 100 cm³/mol. The number of amides is 1. The summed E-state index contributed by atoms with van der Waals surface area (Å²) >= 11 is 1.68. The summed E-state index contributed by atoms with van der Waals surface area (Å²) in [6, 6.07) is 4.97. The van der Waals surface area contributed by atoms with Crippen molar-refractivity contribution in [2.75, 3.05) is 5.75 Å². The molecular weight excluding hydrogens is 353 g/mol. The molecular formula is C20H26FNO3S. The summed E-state index contributed by atoms with van der Waals surface area (Å²) in [7, 11) is 0. The van der Waals surface area contributed by atoms with E-state index < -0.39 is 6.04 Å². The van der Waals surface area contributed by atoms with Gasteiger partial charge in [0, 0.05) is 11.3 Å². The Kier molecular flexibility index (Phi) is 6.22. The Morgan fingerprint density at radius 2 is 1.81 bits per heavy atom. The van der Waals surface area contributed by atoms with Crippen LogP contribution < -0.4 is 0 Å². The summed E-state index contributed by atoms with van der Waals surface area (Å²) in [5, 5.41) is -0.0161. The molecule has 2 atom stereocenters. The second-order valence-corrected chi connectivity index (χ2v) is 8.49. The second kappa shape index (κ2) is 8.42. The predicted octanol–water partition coefficient (Wildman–Crippen LogP) is 4.24. The lowest BCUT2D eigenvalue weighted by atomic mass is 9.88. The first kappa shape index (κ1) is 19.2. The van der Waals surface area contributed by atoms with Crippen LogP contribution in [0.1, 0.15) is 56.3 Å². The molecule has 2 unspecified atom stereocenters. The van der Waals surface area contributed by atoms with Gasteiger partial charge in [-0.2, -0.15) is 0 Å². The van der Waals surface area contributed by atoms with Gasteiger partial charge in [-0.3, -0.25) is 4.79 Å². The molecule has 4 nitrogen and oxygen atoms in total. The molecule has 0 N–H and O–H groups in total. The van der Waals surface area contributed by atoms with Crippen LogP contribution in [0.4, 0.5) is 4.39 Å². The lowest BCUT2D eigenvalue weighted by Gasteiger charge is -2.35. The third kappa shape index (κ3) is 4.22. The van der Waals surface area contributed by atoms with Crippen molar-refractivity contribution in [2.45, 2.75) is 63.5 Å². The lowest BCUT2D eigenvalue weighted by molar-refractivity contribution is -0.152. The van der Waals surface area contributed by atoms with E-state index in [0.717, 1.165) is 12.8 Å². The third-order valence-corrected chi connectivity index (χ3v) is 6.50. The SMILES string of the molecule is CC(C)OC(=O)C1CSC(C2CCCCC2)N1C(=O)c1ccc(F)cc1. The number of halogens is 1. The minimum atomic E-state index is -0.577. The molecule has 0 bridgehead atoms. The van der Waals surface area contributed by atoms with E-state index in [1.807, 2.05) is 13.8 Å². The molecule has 0 radical (unpaired) electrons. The summed E-state index contributed by atoms with van der Waals surface area (Å²) in [5.74, 6) is 0.0177. The minimum absolute atomic E-state index is 0.0161. The molecule has 6 heteroatoms. The number of carbonyl (C=O) groups is 2. The number of ether oxygens (including phenoxy) is 1. The van der Waals surface area contributed by atoms with Crippen LogP contribution in [0.15, 0.2) is 24.3 Å². The first-order chi connectivity index (χ1) is 12.5. The van der Waals surface area contributed by atoms with Gasteiger partial charge in [-0.05, 0) is 56.9 Å². The van der Waals surface area contributed by atoms with Gasteiger partial charge in [0.05, 0.1) is 11.5 Å². The quantitative estimate of drug-likeness (QED) is 0.734. The van der Waals surface area contributed by atoms with E-state index in [1.54, 1.807) is 16.7 Å². The van der Waals surface area contributed by atoms with Gasteiger partial charge in [0.15, 0.2) is 0 Å². The zero-order valence-corrected chi connectivity index (χ0v) is 16.1. The Hall–Kier alpha value is -1.56. The highest BCUT2D eigenvalue weighted by Crippen LogP contribution is 2.41. The van der Waals surface area contributed by atoms with Gasteiger partial charge >= 0.3 is 5.97 Å². The van der Waals surface area contributed by atoms with Crippen molar-refractivity contribution in [1.29, 1.82) is 0 Å². The standard InChI is InChI=1S/C20H26FNO3S/c1-13(2)25-20(24)17-12-26-19(15-6-4-3-5-7-15)22(17)18(23)14-8-10-16(21)11-9-14/h8-11,13,15,17,19H,3-7,12H2,1-2H3. The van der Waals surface area contributed by atoms with Crippen LogP contribution in [0.25, 0.3) is 0 Å². The van der Waals surface area contributed by atoms with Crippen LogP contribution in [-0.2, 0) is 9.53 Å². The second-order valence-electron chi connectivity index (χ2n) is 7.34. The molecule has 142 valence electrons. The van der Waals surface area contributed by atoms with Crippen molar-refractivity contribution in [1.82, 2.24) is 4.90 Å². The summed E-state index contributed by atoms with van der Waals surface area (Å²) in [4.78, 5) is 27.5. The van der Waals surface area contributed by atoms with Crippen LogP contribution in [0.5, 0.6) is 0 Å². The van der Waals surface area contributed by atoms with Gasteiger partial charge in [-0.15, -0.1) is 11.8 Å². The number of esters is 1.